The summed E-state index contributed by atoms with van der Waals surface area (Å²) >= 11 is 0. The second-order valence-electron chi connectivity index (χ2n) is 0. The molecule has 0 nitrogen and oxygen atoms in total. The molecule has 0 heterocycles. The van der Waals surface area contributed by atoms with E-state index < -0.39 is 0 Å². The van der Waals surface area contributed by atoms with Crippen LogP contribution in [0.4, 0.5) is 0 Å². The van der Waals surface area contributed by atoms with Gasteiger partial charge in [0.25, 0.3) is 0 Å². The monoisotopic (exact) mass is 219 g/mol. The largest absolute Gasteiger partial charge is 2.00 e. The number of hydrogen-bond acceptors (Lipinski definition) is 0. The van der Waals surface area contributed by atoms with Crippen molar-refractivity contribution in [2.45, 2.75) is 0 Å². The summed E-state index contributed by atoms with van der Waals surface area (Å²) in [6.45, 7) is 0. The number of rotatable bonds is 0. The number of hydrogen-bond donors (Lipinski definition) is 0. The molecule has 0 saturated heterocycles. The molecule has 1 atom stereocenters. The van der Waals surface area contributed by atoms with Crippen molar-refractivity contribution < 1.29 is 58.7 Å². The van der Waals surface area contributed by atoms with Crippen LogP contribution in [0.5, 0.6) is 0 Å². The summed E-state index contributed by atoms with van der Waals surface area (Å²) in [5.74, 6) is 0. The second kappa shape index (κ2) is 28.3. The van der Waals surface area contributed by atoms with Crippen molar-refractivity contribution in [1.82, 2.24) is 0 Å². The predicted octanol–water partition coefficient (Wildman–Crippen LogP) is -0.105. The normalized spacial score (nSPS) is 0. The Balaban J connectivity index is 0. The molecule has 0 aliphatic carbocycles. The zero-order chi connectivity index (χ0) is 0. The topological polar surface area (TPSA) is 0 Å². The fourth-order valence-corrected chi connectivity index (χ4v) is 0. The molecule has 0 rings (SSSR count). The van der Waals surface area contributed by atoms with E-state index in [4.69, 9.17) is 0 Å². The van der Waals surface area contributed by atoms with E-state index in [-0.39, 0.29) is 91.7 Å². The smallest absolute Gasteiger partial charge is 1.00 e. The Morgan fingerprint density at radius 3 is 1.20 bits per heavy atom. The van der Waals surface area contributed by atoms with E-state index in [0.29, 0.717) is 0 Å². The van der Waals surface area contributed by atoms with Crippen LogP contribution in [0.15, 0.2) is 0 Å². The van der Waals surface area contributed by atoms with Gasteiger partial charge in [-0.2, -0.15) is 9.90 Å². The van der Waals surface area contributed by atoms with Crippen LogP contribution < -0.4 is 0 Å². The summed E-state index contributed by atoms with van der Waals surface area (Å²) in [5, 5.41) is 0. The fraction of sp³-hybridized carbons (Fsp3) is 0. The van der Waals surface area contributed by atoms with Gasteiger partial charge in [-0.15, -0.1) is 0 Å². The molecular weight excluding hydrogens is 214 g/mol. The van der Waals surface area contributed by atoms with Gasteiger partial charge < -0.3 is 2.85 Å². The third-order valence-electron chi connectivity index (χ3n) is 0. The molecule has 0 fully saturated rings. The summed E-state index contributed by atoms with van der Waals surface area (Å²) in [4.78, 5) is 0. The average molecular weight is 219 g/mol. The third kappa shape index (κ3) is 19.6. The Labute approximate surface area is 90.6 Å². The molecule has 1 radical (unpaired) electrons. The first-order chi connectivity index (χ1) is 0. The quantitative estimate of drug-likeness (QED) is 0.394. The van der Waals surface area contributed by atoms with E-state index in [1.807, 2.05) is 0 Å². The summed E-state index contributed by atoms with van der Waals surface area (Å²) in [5.41, 5.74) is 0. The van der Waals surface area contributed by atoms with Crippen LogP contribution in [0, 0.1) is 0 Å². The Morgan fingerprint density at radius 2 is 1.20 bits per heavy atom. The molecule has 0 aromatic heterocycles. The van der Waals surface area contributed by atoms with Gasteiger partial charge in [0, 0.05) is 55.9 Å². The Morgan fingerprint density at radius 1 is 1.20 bits per heavy atom. The molecule has 5 heteroatoms. The van der Waals surface area contributed by atoms with Crippen LogP contribution in [-0.2, 0) is 55.9 Å². The minimum atomic E-state index is 0. The SMILES string of the molecule is P.[Fe].[H-].[H-].[Mg+2].[Mn].[Ti]. The van der Waals surface area contributed by atoms with Gasteiger partial charge in [-0.05, 0) is 0 Å². The molecule has 1 unspecified atom stereocenters. The van der Waals surface area contributed by atoms with Gasteiger partial charge in [-0.3, -0.25) is 0 Å². The molecule has 0 aliphatic rings. The maximum absolute atomic E-state index is 0. The average Bonchev–Trinajstić information content (AvgIpc) is 0. The van der Waals surface area contributed by atoms with Crippen LogP contribution in [0.1, 0.15) is 2.85 Å². The molecule has 0 N–H and O–H groups in total. The minimum absolute atomic E-state index is 0. The van der Waals surface area contributed by atoms with Crippen LogP contribution in [0.3, 0.4) is 0 Å². The Hall–Kier alpha value is 2.95. The fourth-order valence-electron chi connectivity index (χ4n) is 0. The second-order valence-corrected chi connectivity index (χ2v) is 0. The molecule has 0 aromatic carbocycles. The van der Waals surface area contributed by atoms with Crippen molar-refractivity contribution in [3.8, 4) is 0 Å². The van der Waals surface area contributed by atoms with Gasteiger partial charge in [0.2, 0.25) is 0 Å². The van der Waals surface area contributed by atoms with Crippen molar-refractivity contribution in [3.05, 3.63) is 0 Å². The molecule has 0 spiro atoms. The summed E-state index contributed by atoms with van der Waals surface area (Å²) in [6, 6.07) is 0. The van der Waals surface area contributed by atoms with Gasteiger partial charge in [0.15, 0.2) is 0 Å². The molecule has 5 heavy (non-hydrogen) atoms. The minimum Gasteiger partial charge on any atom is -1.00 e. The first-order valence-corrected chi connectivity index (χ1v) is 0. The van der Waals surface area contributed by atoms with Crippen LogP contribution in [0.2, 0.25) is 0 Å². The molecule has 0 bridgehead atoms. The zero-order valence-electron chi connectivity index (χ0n) is 4.65. The predicted molar refractivity (Wildman–Crippen MR) is 19.1 cm³/mol. The van der Waals surface area contributed by atoms with Crippen LogP contribution in [0.25, 0.3) is 0 Å². The van der Waals surface area contributed by atoms with Gasteiger partial charge in [0.1, 0.15) is 0 Å². The van der Waals surface area contributed by atoms with Gasteiger partial charge in [-0.1, -0.05) is 0 Å². The van der Waals surface area contributed by atoms with Gasteiger partial charge >= 0.3 is 23.1 Å². The maximum atomic E-state index is 0. The zero-order valence-corrected chi connectivity index (χ0v) is 9.32. The van der Waals surface area contributed by atoms with Crippen molar-refractivity contribution in [2.24, 2.45) is 0 Å². The molecule has 31 valence electrons. The molecule has 0 aliphatic heterocycles. The van der Waals surface area contributed by atoms with Gasteiger partial charge in [-0.25, -0.2) is 0 Å². The van der Waals surface area contributed by atoms with E-state index in [1.165, 1.54) is 0 Å². The standard InChI is InChI=1S/Fe.Mg.Mn.H3P.Ti.2H/h;;;1H3;;;/q;+2;;;;2*-1. The van der Waals surface area contributed by atoms with Crippen molar-refractivity contribution >= 4 is 33.0 Å². The molecule has 0 saturated carbocycles. The summed E-state index contributed by atoms with van der Waals surface area (Å²) in [7, 11) is 0. The van der Waals surface area contributed by atoms with Crippen molar-refractivity contribution in [3.63, 3.8) is 0 Å². The van der Waals surface area contributed by atoms with E-state index >= 15 is 0 Å². The third-order valence-corrected chi connectivity index (χ3v) is 0. The van der Waals surface area contributed by atoms with Crippen LogP contribution in [-0.4, -0.2) is 23.1 Å². The van der Waals surface area contributed by atoms with E-state index in [1.54, 1.807) is 0 Å². The first-order valence-electron chi connectivity index (χ1n) is 0. The summed E-state index contributed by atoms with van der Waals surface area (Å²) < 4.78 is 0. The maximum Gasteiger partial charge on any atom is 2.00 e. The Kier molecular flexibility index (Phi) is 250. The molecule has 0 amide bonds. The van der Waals surface area contributed by atoms with Crippen molar-refractivity contribution in [1.29, 1.82) is 0 Å². The summed E-state index contributed by atoms with van der Waals surface area (Å²) in [6.07, 6.45) is 0. The molecule has 0 aromatic rings. The van der Waals surface area contributed by atoms with E-state index in [9.17, 15) is 0 Å². The van der Waals surface area contributed by atoms with Crippen molar-refractivity contribution in [2.75, 3.05) is 0 Å². The van der Waals surface area contributed by atoms with E-state index in [0.717, 1.165) is 0 Å². The van der Waals surface area contributed by atoms with Crippen LogP contribution >= 0.6 is 9.90 Å². The first kappa shape index (κ1) is 44.1. The molecular formula is H5FeMgMnPTi. The van der Waals surface area contributed by atoms with E-state index in [2.05, 4.69) is 0 Å². The van der Waals surface area contributed by atoms with Gasteiger partial charge in [0.05, 0.1) is 0 Å². The Bertz CT molecular complexity index is 17.7.